The Labute approximate surface area is 161 Å². The van der Waals surface area contributed by atoms with Crippen molar-refractivity contribution in [3.8, 4) is 11.5 Å². The first kappa shape index (κ1) is 21.6. The molecule has 0 radical (unpaired) electrons. The van der Waals surface area contributed by atoms with Gasteiger partial charge in [0, 0.05) is 25.7 Å². The summed E-state index contributed by atoms with van der Waals surface area (Å²) in [6.45, 7) is -0.118. The van der Waals surface area contributed by atoms with Crippen molar-refractivity contribution < 1.29 is 32.6 Å². The van der Waals surface area contributed by atoms with Crippen LogP contribution >= 0.6 is 0 Å². The number of halogens is 2. The smallest absolute Gasteiger partial charge is 0.387 e. The zero-order chi connectivity index (χ0) is 20.6. The van der Waals surface area contributed by atoms with Crippen LogP contribution in [-0.2, 0) is 14.3 Å². The van der Waals surface area contributed by atoms with Crippen LogP contribution in [-0.4, -0.2) is 43.8 Å². The van der Waals surface area contributed by atoms with Gasteiger partial charge in [-0.1, -0.05) is 6.07 Å². The minimum Gasteiger partial charge on any atom is -0.490 e. The number of hydrogen-bond acceptors (Lipinski definition) is 5. The van der Waals surface area contributed by atoms with Gasteiger partial charge in [-0.3, -0.25) is 9.59 Å². The highest BCUT2D eigenvalue weighted by Crippen LogP contribution is 2.30. The van der Waals surface area contributed by atoms with Gasteiger partial charge in [-0.25, -0.2) is 0 Å². The van der Waals surface area contributed by atoms with E-state index in [1.807, 2.05) is 0 Å². The average Bonchev–Trinajstić information content (AvgIpc) is 2.61. The second kappa shape index (κ2) is 10.0. The summed E-state index contributed by atoms with van der Waals surface area (Å²) in [7, 11) is 0. The van der Waals surface area contributed by atoms with Crippen molar-refractivity contribution in [1.29, 1.82) is 0 Å². The fourth-order valence-electron chi connectivity index (χ4n) is 3.01. The normalized spacial score (nSPS) is 16.1. The Morgan fingerprint density at radius 1 is 1.32 bits per heavy atom. The third kappa shape index (κ3) is 6.49. The van der Waals surface area contributed by atoms with Crippen LogP contribution in [0.4, 0.5) is 8.78 Å². The van der Waals surface area contributed by atoms with Crippen LogP contribution in [0.25, 0.3) is 6.08 Å². The van der Waals surface area contributed by atoms with Crippen molar-refractivity contribution in [2.24, 2.45) is 5.73 Å². The SMILES string of the molecule is CCOc1cc(C=CC(=O)NC2(CC(N)=O)CCOCC2)ccc1OC(F)F. The number of amides is 2. The van der Waals surface area contributed by atoms with E-state index in [9.17, 15) is 18.4 Å². The molecule has 2 rings (SSSR count). The lowest BCUT2D eigenvalue weighted by atomic mass is 9.86. The van der Waals surface area contributed by atoms with Gasteiger partial charge in [0.05, 0.1) is 12.1 Å². The number of carbonyl (C=O) groups is 2. The Kier molecular flexibility index (Phi) is 7.74. The van der Waals surface area contributed by atoms with Crippen molar-refractivity contribution in [2.75, 3.05) is 19.8 Å². The molecule has 1 saturated heterocycles. The molecular weight excluding hydrogens is 374 g/mol. The molecule has 28 heavy (non-hydrogen) atoms. The Morgan fingerprint density at radius 2 is 2.04 bits per heavy atom. The number of nitrogens with one attached hydrogen (secondary N) is 1. The predicted molar refractivity (Wildman–Crippen MR) is 98.0 cm³/mol. The van der Waals surface area contributed by atoms with Gasteiger partial charge >= 0.3 is 6.61 Å². The van der Waals surface area contributed by atoms with Gasteiger partial charge in [0.1, 0.15) is 0 Å². The van der Waals surface area contributed by atoms with Crippen molar-refractivity contribution in [1.82, 2.24) is 5.32 Å². The highest BCUT2D eigenvalue weighted by Gasteiger charge is 2.35. The number of alkyl halides is 2. The summed E-state index contributed by atoms with van der Waals surface area (Å²) in [6.07, 6.45) is 3.83. The number of hydrogen-bond donors (Lipinski definition) is 2. The third-order valence-electron chi connectivity index (χ3n) is 4.26. The molecule has 154 valence electrons. The molecule has 1 fully saturated rings. The van der Waals surface area contributed by atoms with E-state index in [1.165, 1.54) is 30.4 Å². The maximum Gasteiger partial charge on any atom is 0.387 e. The first-order chi connectivity index (χ1) is 13.3. The van der Waals surface area contributed by atoms with Crippen molar-refractivity contribution in [3.63, 3.8) is 0 Å². The molecule has 1 heterocycles. The summed E-state index contributed by atoms with van der Waals surface area (Å²) in [4.78, 5) is 23.7. The van der Waals surface area contributed by atoms with E-state index in [0.717, 1.165) is 0 Å². The summed E-state index contributed by atoms with van der Waals surface area (Å²) in [5, 5.41) is 2.85. The largest absolute Gasteiger partial charge is 0.490 e. The zero-order valence-corrected chi connectivity index (χ0v) is 15.6. The first-order valence-corrected chi connectivity index (χ1v) is 8.91. The van der Waals surface area contributed by atoms with E-state index in [0.29, 0.717) is 31.6 Å². The molecule has 7 nitrogen and oxygen atoms in total. The molecule has 0 bridgehead atoms. The third-order valence-corrected chi connectivity index (χ3v) is 4.26. The lowest BCUT2D eigenvalue weighted by Crippen LogP contribution is -2.53. The van der Waals surface area contributed by atoms with Gasteiger partial charge < -0.3 is 25.3 Å². The minimum absolute atomic E-state index is 0.0318. The van der Waals surface area contributed by atoms with Gasteiger partial charge in [-0.15, -0.1) is 0 Å². The Hall–Kier alpha value is -2.68. The van der Waals surface area contributed by atoms with Crippen LogP contribution in [0.1, 0.15) is 31.7 Å². The molecule has 1 aromatic carbocycles. The monoisotopic (exact) mass is 398 g/mol. The van der Waals surface area contributed by atoms with E-state index in [4.69, 9.17) is 15.2 Å². The Morgan fingerprint density at radius 3 is 2.64 bits per heavy atom. The molecule has 3 N–H and O–H groups in total. The van der Waals surface area contributed by atoms with E-state index in [2.05, 4.69) is 10.1 Å². The molecule has 1 aliphatic rings. The maximum absolute atomic E-state index is 12.5. The molecule has 0 aliphatic carbocycles. The van der Waals surface area contributed by atoms with E-state index >= 15 is 0 Å². The van der Waals surface area contributed by atoms with Crippen LogP contribution in [0.15, 0.2) is 24.3 Å². The number of carbonyl (C=O) groups excluding carboxylic acids is 2. The second-order valence-corrected chi connectivity index (χ2v) is 6.38. The Balaban J connectivity index is 2.09. The molecule has 1 aromatic rings. The highest BCUT2D eigenvalue weighted by molar-refractivity contribution is 5.92. The number of ether oxygens (including phenoxy) is 3. The van der Waals surface area contributed by atoms with Crippen LogP contribution in [0.2, 0.25) is 0 Å². The number of nitrogens with two attached hydrogens (primary N) is 1. The standard InChI is InChI=1S/C19H24F2N2O5/c1-2-27-15-11-13(3-5-14(15)28-18(20)21)4-6-17(25)23-19(12-16(22)24)7-9-26-10-8-19/h3-6,11,18H,2,7-10,12H2,1H3,(H2,22,24)(H,23,25). The topological polar surface area (TPSA) is 99.9 Å². The molecule has 0 atom stereocenters. The van der Waals surface area contributed by atoms with Gasteiger partial charge in [0.25, 0.3) is 0 Å². The number of benzene rings is 1. The number of rotatable bonds is 9. The molecule has 9 heteroatoms. The number of primary amides is 1. The van der Waals surface area contributed by atoms with E-state index in [1.54, 1.807) is 6.92 Å². The van der Waals surface area contributed by atoms with Crippen molar-refractivity contribution in [3.05, 3.63) is 29.8 Å². The van der Waals surface area contributed by atoms with E-state index in [-0.39, 0.29) is 24.5 Å². The van der Waals surface area contributed by atoms with E-state index < -0.39 is 24.0 Å². The van der Waals surface area contributed by atoms with Crippen LogP contribution in [0.5, 0.6) is 11.5 Å². The first-order valence-electron chi connectivity index (χ1n) is 8.91. The second-order valence-electron chi connectivity index (χ2n) is 6.38. The molecule has 0 saturated carbocycles. The van der Waals surface area contributed by atoms with Gasteiger partial charge in [0.2, 0.25) is 11.8 Å². The maximum atomic E-state index is 12.5. The van der Waals surface area contributed by atoms with Crippen LogP contribution in [0.3, 0.4) is 0 Å². The molecule has 1 aliphatic heterocycles. The predicted octanol–water partition coefficient (Wildman–Crippen LogP) is 2.24. The summed E-state index contributed by atoms with van der Waals surface area (Å²) in [6, 6.07) is 4.37. The molecular formula is C19H24F2N2O5. The lowest BCUT2D eigenvalue weighted by Gasteiger charge is -2.36. The fraction of sp³-hybridized carbons (Fsp3) is 0.474. The molecule has 0 spiro atoms. The molecule has 0 aromatic heterocycles. The minimum atomic E-state index is -2.97. The van der Waals surface area contributed by atoms with Crippen molar-refractivity contribution >= 4 is 17.9 Å². The van der Waals surface area contributed by atoms with Gasteiger partial charge in [0.15, 0.2) is 11.5 Å². The lowest BCUT2D eigenvalue weighted by molar-refractivity contribution is -0.123. The zero-order valence-electron chi connectivity index (χ0n) is 15.6. The summed E-state index contributed by atoms with van der Waals surface area (Å²) < 4.78 is 39.9. The Bertz CT molecular complexity index is 718. The molecule has 0 unspecified atom stereocenters. The van der Waals surface area contributed by atoms with Crippen molar-refractivity contribution in [2.45, 2.75) is 38.3 Å². The fourth-order valence-corrected chi connectivity index (χ4v) is 3.01. The molecule has 2 amide bonds. The van der Waals surface area contributed by atoms with Crippen LogP contribution in [0, 0.1) is 0 Å². The van der Waals surface area contributed by atoms with Crippen LogP contribution < -0.4 is 20.5 Å². The van der Waals surface area contributed by atoms with Gasteiger partial charge in [-0.05, 0) is 43.5 Å². The average molecular weight is 398 g/mol. The summed E-state index contributed by atoms with van der Waals surface area (Å²) in [5.41, 5.74) is 5.16. The summed E-state index contributed by atoms with van der Waals surface area (Å²) in [5.74, 6) is -0.822. The van der Waals surface area contributed by atoms with Gasteiger partial charge in [-0.2, -0.15) is 8.78 Å². The highest BCUT2D eigenvalue weighted by atomic mass is 19.3. The quantitative estimate of drug-likeness (QED) is 0.622. The summed E-state index contributed by atoms with van der Waals surface area (Å²) >= 11 is 0.